The molecule has 0 saturated heterocycles. The SMILES string of the molecule is CN(Cc1n[nH]c(=O)o1)C(=O)c1ccc(C2CC2)o1. The van der Waals surface area contributed by atoms with Gasteiger partial charge in [0.05, 0.1) is 6.54 Å². The first-order valence-corrected chi connectivity index (χ1v) is 6.03. The Balaban J connectivity index is 1.69. The number of aromatic amines is 1. The number of hydrogen-bond donors (Lipinski definition) is 1. The molecule has 19 heavy (non-hydrogen) atoms. The first-order chi connectivity index (χ1) is 9.13. The third-order valence-electron chi connectivity index (χ3n) is 3.02. The van der Waals surface area contributed by atoms with E-state index < -0.39 is 5.76 Å². The highest BCUT2D eigenvalue weighted by atomic mass is 16.4. The molecule has 2 aromatic heterocycles. The van der Waals surface area contributed by atoms with Crippen molar-refractivity contribution >= 4 is 5.91 Å². The van der Waals surface area contributed by atoms with Gasteiger partial charge in [-0.15, -0.1) is 5.10 Å². The Bertz CT molecular complexity index is 650. The number of aromatic nitrogens is 2. The molecular formula is C12H13N3O4. The lowest BCUT2D eigenvalue weighted by atomic mass is 10.3. The Morgan fingerprint density at radius 3 is 2.89 bits per heavy atom. The molecule has 100 valence electrons. The average molecular weight is 263 g/mol. The topological polar surface area (TPSA) is 92.3 Å². The van der Waals surface area contributed by atoms with Gasteiger partial charge in [-0.25, -0.2) is 9.89 Å². The van der Waals surface area contributed by atoms with Crippen molar-refractivity contribution in [2.24, 2.45) is 0 Å². The Morgan fingerprint density at radius 1 is 1.47 bits per heavy atom. The molecule has 0 spiro atoms. The first-order valence-electron chi connectivity index (χ1n) is 6.03. The van der Waals surface area contributed by atoms with E-state index in [1.807, 2.05) is 6.07 Å². The van der Waals surface area contributed by atoms with E-state index >= 15 is 0 Å². The van der Waals surface area contributed by atoms with E-state index in [-0.39, 0.29) is 18.3 Å². The molecule has 0 bridgehead atoms. The maximum Gasteiger partial charge on any atom is 0.434 e. The zero-order valence-electron chi connectivity index (χ0n) is 10.4. The van der Waals surface area contributed by atoms with Crippen LogP contribution in [0.3, 0.4) is 0 Å². The minimum Gasteiger partial charge on any atom is -0.456 e. The molecule has 1 N–H and O–H groups in total. The van der Waals surface area contributed by atoms with Crippen molar-refractivity contribution in [3.8, 4) is 0 Å². The molecule has 0 unspecified atom stereocenters. The van der Waals surface area contributed by atoms with Crippen LogP contribution in [-0.2, 0) is 6.54 Å². The molecule has 1 aliphatic carbocycles. The quantitative estimate of drug-likeness (QED) is 0.891. The average Bonchev–Trinajstić information content (AvgIpc) is 2.98. The van der Waals surface area contributed by atoms with Crippen molar-refractivity contribution in [1.82, 2.24) is 15.1 Å². The van der Waals surface area contributed by atoms with Crippen LogP contribution in [0, 0.1) is 0 Å². The molecule has 7 nitrogen and oxygen atoms in total. The lowest BCUT2D eigenvalue weighted by Gasteiger charge is -2.12. The van der Waals surface area contributed by atoms with Gasteiger partial charge >= 0.3 is 5.76 Å². The predicted molar refractivity (Wildman–Crippen MR) is 63.6 cm³/mol. The Morgan fingerprint density at radius 2 is 2.26 bits per heavy atom. The van der Waals surface area contributed by atoms with Gasteiger partial charge in [-0.3, -0.25) is 4.79 Å². The second-order valence-corrected chi connectivity index (χ2v) is 4.64. The van der Waals surface area contributed by atoms with Crippen molar-refractivity contribution in [3.63, 3.8) is 0 Å². The van der Waals surface area contributed by atoms with E-state index in [4.69, 9.17) is 8.83 Å². The van der Waals surface area contributed by atoms with Crippen LogP contribution in [0.1, 0.15) is 41.0 Å². The van der Waals surface area contributed by atoms with Gasteiger partial charge in [-0.1, -0.05) is 0 Å². The highest BCUT2D eigenvalue weighted by Crippen LogP contribution is 2.40. The molecule has 0 aromatic carbocycles. The number of H-pyrrole nitrogens is 1. The minimum absolute atomic E-state index is 0.108. The van der Waals surface area contributed by atoms with Gasteiger partial charge in [0.1, 0.15) is 5.76 Å². The number of furan rings is 1. The predicted octanol–water partition coefficient (Wildman–Crippen LogP) is 1.11. The van der Waals surface area contributed by atoms with Crippen molar-refractivity contribution in [3.05, 3.63) is 40.1 Å². The van der Waals surface area contributed by atoms with Gasteiger partial charge in [0, 0.05) is 13.0 Å². The molecule has 1 aliphatic rings. The molecule has 3 rings (SSSR count). The van der Waals surface area contributed by atoms with Crippen LogP contribution >= 0.6 is 0 Å². The van der Waals surface area contributed by atoms with Crippen LogP contribution in [-0.4, -0.2) is 28.1 Å². The standard InChI is InChI=1S/C12H13N3O4/c1-15(6-10-13-14-12(17)19-10)11(16)9-5-4-8(18-9)7-2-3-7/h4-5,7H,2-3,6H2,1H3,(H,14,17). The third kappa shape index (κ3) is 2.44. The summed E-state index contributed by atoms with van der Waals surface area (Å²) in [5.74, 6) is 0.888. The summed E-state index contributed by atoms with van der Waals surface area (Å²) in [6.07, 6.45) is 2.24. The van der Waals surface area contributed by atoms with Gasteiger partial charge in [0.15, 0.2) is 5.76 Å². The molecule has 1 fully saturated rings. The number of carbonyl (C=O) groups is 1. The Hall–Kier alpha value is -2.31. The fourth-order valence-corrected chi connectivity index (χ4v) is 1.85. The van der Waals surface area contributed by atoms with Crippen LogP contribution in [0.15, 0.2) is 25.8 Å². The van der Waals surface area contributed by atoms with Crippen LogP contribution in [0.4, 0.5) is 0 Å². The molecule has 2 aromatic rings. The van der Waals surface area contributed by atoms with Crippen LogP contribution in [0.2, 0.25) is 0 Å². The largest absolute Gasteiger partial charge is 0.456 e. The van der Waals surface area contributed by atoms with Gasteiger partial charge < -0.3 is 13.7 Å². The van der Waals surface area contributed by atoms with E-state index in [2.05, 4.69) is 10.2 Å². The lowest BCUT2D eigenvalue weighted by Crippen LogP contribution is -2.26. The summed E-state index contributed by atoms with van der Waals surface area (Å²) in [5, 5.41) is 5.79. The zero-order chi connectivity index (χ0) is 13.4. The summed E-state index contributed by atoms with van der Waals surface area (Å²) in [5.41, 5.74) is 0. The summed E-state index contributed by atoms with van der Waals surface area (Å²) in [7, 11) is 1.59. The van der Waals surface area contributed by atoms with Crippen molar-refractivity contribution in [2.45, 2.75) is 25.3 Å². The van der Waals surface area contributed by atoms with Crippen LogP contribution in [0.25, 0.3) is 0 Å². The molecule has 7 heteroatoms. The number of amides is 1. The summed E-state index contributed by atoms with van der Waals surface area (Å²) in [6.45, 7) is 0.108. The van der Waals surface area contributed by atoms with Crippen molar-refractivity contribution in [2.75, 3.05) is 7.05 Å². The number of hydrogen-bond acceptors (Lipinski definition) is 5. The second-order valence-electron chi connectivity index (χ2n) is 4.64. The van der Waals surface area contributed by atoms with Gasteiger partial charge in [0.25, 0.3) is 5.91 Å². The van der Waals surface area contributed by atoms with E-state index in [1.54, 1.807) is 13.1 Å². The highest BCUT2D eigenvalue weighted by molar-refractivity contribution is 5.91. The number of nitrogens with one attached hydrogen (secondary N) is 1. The maximum absolute atomic E-state index is 12.1. The van der Waals surface area contributed by atoms with E-state index in [9.17, 15) is 9.59 Å². The molecule has 1 saturated carbocycles. The van der Waals surface area contributed by atoms with Crippen LogP contribution < -0.4 is 5.76 Å². The fraction of sp³-hybridized carbons (Fsp3) is 0.417. The molecule has 0 radical (unpaired) electrons. The molecule has 0 atom stereocenters. The van der Waals surface area contributed by atoms with E-state index in [0.29, 0.717) is 11.7 Å². The summed E-state index contributed by atoms with van der Waals surface area (Å²) in [4.78, 5) is 24.3. The Labute approximate surface area is 108 Å². The normalized spacial score (nSPS) is 14.6. The minimum atomic E-state index is -0.634. The summed E-state index contributed by atoms with van der Waals surface area (Å²) >= 11 is 0. The molecular weight excluding hydrogens is 250 g/mol. The summed E-state index contributed by atoms with van der Waals surface area (Å²) in [6, 6.07) is 3.51. The monoisotopic (exact) mass is 263 g/mol. The zero-order valence-corrected chi connectivity index (χ0v) is 10.4. The molecule has 1 amide bonds. The van der Waals surface area contributed by atoms with Crippen molar-refractivity contribution < 1.29 is 13.6 Å². The first kappa shape index (κ1) is 11.8. The number of nitrogens with zero attached hydrogens (tertiary/aromatic N) is 2. The van der Waals surface area contributed by atoms with E-state index in [0.717, 1.165) is 18.6 Å². The smallest absolute Gasteiger partial charge is 0.434 e. The van der Waals surface area contributed by atoms with Gasteiger partial charge in [0.2, 0.25) is 5.89 Å². The third-order valence-corrected chi connectivity index (χ3v) is 3.02. The number of carbonyl (C=O) groups excluding carboxylic acids is 1. The van der Waals surface area contributed by atoms with Gasteiger partial charge in [-0.05, 0) is 25.0 Å². The number of rotatable bonds is 4. The Kier molecular flexibility index (Phi) is 2.73. The van der Waals surface area contributed by atoms with E-state index in [1.165, 1.54) is 4.90 Å². The summed E-state index contributed by atoms with van der Waals surface area (Å²) < 4.78 is 10.3. The molecule has 0 aliphatic heterocycles. The van der Waals surface area contributed by atoms with Gasteiger partial charge in [-0.2, -0.15) is 0 Å². The highest BCUT2D eigenvalue weighted by Gasteiger charge is 2.28. The lowest BCUT2D eigenvalue weighted by molar-refractivity contribution is 0.0738. The molecule has 2 heterocycles. The van der Waals surface area contributed by atoms with Crippen molar-refractivity contribution in [1.29, 1.82) is 0 Å². The fourth-order valence-electron chi connectivity index (χ4n) is 1.85. The maximum atomic E-state index is 12.1. The second kappa shape index (κ2) is 4.42. The van der Waals surface area contributed by atoms with Crippen LogP contribution in [0.5, 0.6) is 0 Å².